The highest BCUT2D eigenvalue weighted by Crippen LogP contribution is 2.23. The number of ether oxygens (including phenoxy) is 1. The summed E-state index contributed by atoms with van der Waals surface area (Å²) in [6.07, 6.45) is 2.18. The van der Waals surface area contributed by atoms with Crippen LogP contribution in [0.15, 0.2) is 4.47 Å². The molecule has 0 radical (unpaired) electrons. The molecule has 1 unspecified atom stereocenters. The van der Waals surface area contributed by atoms with Crippen molar-refractivity contribution in [3.63, 3.8) is 0 Å². The van der Waals surface area contributed by atoms with Gasteiger partial charge in [0.1, 0.15) is 0 Å². The van der Waals surface area contributed by atoms with E-state index in [4.69, 9.17) is 4.74 Å². The van der Waals surface area contributed by atoms with E-state index < -0.39 is 0 Å². The van der Waals surface area contributed by atoms with Gasteiger partial charge < -0.3 is 10.1 Å². The number of hydrogen-bond donors (Lipinski definition) is 1. The van der Waals surface area contributed by atoms with Crippen molar-refractivity contribution in [2.45, 2.75) is 39.8 Å². The Hall–Kier alpha value is -0.390. The Labute approximate surface area is 117 Å². The predicted octanol–water partition coefficient (Wildman–Crippen LogP) is 2.35. The van der Waals surface area contributed by atoms with E-state index in [9.17, 15) is 0 Å². The molecule has 0 aliphatic carbocycles. The molecule has 1 fully saturated rings. The van der Waals surface area contributed by atoms with Gasteiger partial charge in [0.25, 0.3) is 0 Å². The molecule has 1 aromatic rings. The molecule has 1 atom stereocenters. The first-order chi connectivity index (χ1) is 8.76. The summed E-state index contributed by atoms with van der Waals surface area (Å²) >= 11 is 3.64. The van der Waals surface area contributed by atoms with Crippen LogP contribution in [0, 0.1) is 5.92 Å². The van der Waals surface area contributed by atoms with E-state index in [0.717, 1.165) is 42.8 Å². The summed E-state index contributed by atoms with van der Waals surface area (Å²) in [6.45, 7) is 8.85. The molecule has 0 spiro atoms. The first-order valence-electron chi connectivity index (χ1n) is 6.78. The van der Waals surface area contributed by atoms with Gasteiger partial charge in [0.2, 0.25) is 0 Å². The molecule has 0 aromatic carbocycles. The molecule has 1 aliphatic rings. The van der Waals surface area contributed by atoms with E-state index in [1.807, 2.05) is 4.68 Å². The Balaban J connectivity index is 1.92. The lowest BCUT2D eigenvalue weighted by atomic mass is 10.1. The number of aryl methyl sites for hydroxylation is 2. The van der Waals surface area contributed by atoms with Gasteiger partial charge in [-0.1, -0.05) is 6.92 Å². The normalized spacial score (nSPS) is 19.6. The lowest BCUT2D eigenvalue weighted by Crippen LogP contribution is -2.14. The number of aromatic nitrogens is 2. The van der Waals surface area contributed by atoms with Gasteiger partial charge in [-0.05, 0) is 48.2 Å². The number of halogens is 1. The van der Waals surface area contributed by atoms with Crippen LogP contribution in [0.25, 0.3) is 0 Å². The molecule has 102 valence electrons. The zero-order chi connectivity index (χ0) is 13.0. The Bertz CT molecular complexity index is 386. The fourth-order valence-corrected chi connectivity index (χ4v) is 3.01. The van der Waals surface area contributed by atoms with Crippen LogP contribution >= 0.6 is 15.9 Å². The van der Waals surface area contributed by atoms with Crippen molar-refractivity contribution in [1.29, 1.82) is 0 Å². The van der Waals surface area contributed by atoms with Crippen LogP contribution in [0.3, 0.4) is 0 Å². The van der Waals surface area contributed by atoms with Crippen LogP contribution < -0.4 is 5.32 Å². The highest BCUT2D eigenvalue weighted by molar-refractivity contribution is 9.10. The summed E-state index contributed by atoms with van der Waals surface area (Å²) in [5.74, 6) is 0.674. The van der Waals surface area contributed by atoms with Crippen molar-refractivity contribution in [2.75, 3.05) is 19.7 Å². The van der Waals surface area contributed by atoms with Crippen LogP contribution in [0.1, 0.15) is 31.7 Å². The van der Waals surface area contributed by atoms with Crippen LogP contribution in [0.4, 0.5) is 0 Å². The molecule has 1 aliphatic heterocycles. The maximum absolute atomic E-state index is 5.85. The fourth-order valence-electron chi connectivity index (χ4n) is 2.33. The second-order valence-corrected chi connectivity index (χ2v) is 5.54. The second-order valence-electron chi connectivity index (χ2n) is 4.75. The Morgan fingerprint density at radius 2 is 2.33 bits per heavy atom. The first kappa shape index (κ1) is 14.0. The molecule has 0 saturated carbocycles. The van der Waals surface area contributed by atoms with Gasteiger partial charge in [-0.25, -0.2) is 0 Å². The topological polar surface area (TPSA) is 39.1 Å². The quantitative estimate of drug-likeness (QED) is 0.876. The average molecular weight is 316 g/mol. The maximum Gasteiger partial charge on any atom is 0.0896 e. The molecule has 1 aromatic heterocycles. The van der Waals surface area contributed by atoms with Crippen LogP contribution in [-0.2, 0) is 24.3 Å². The van der Waals surface area contributed by atoms with Gasteiger partial charge >= 0.3 is 0 Å². The minimum Gasteiger partial charge on any atom is -0.375 e. The molecule has 1 saturated heterocycles. The van der Waals surface area contributed by atoms with Gasteiger partial charge in [0.15, 0.2) is 0 Å². The van der Waals surface area contributed by atoms with Crippen molar-refractivity contribution in [3.8, 4) is 0 Å². The predicted molar refractivity (Wildman–Crippen MR) is 75.6 cm³/mol. The van der Waals surface area contributed by atoms with Gasteiger partial charge in [-0.3, -0.25) is 4.68 Å². The van der Waals surface area contributed by atoms with E-state index >= 15 is 0 Å². The zero-order valence-electron chi connectivity index (χ0n) is 11.2. The molecule has 18 heavy (non-hydrogen) atoms. The van der Waals surface area contributed by atoms with E-state index in [0.29, 0.717) is 12.5 Å². The van der Waals surface area contributed by atoms with E-state index in [1.54, 1.807) is 0 Å². The Morgan fingerprint density at radius 3 is 2.94 bits per heavy atom. The van der Waals surface area contributed by atoms with E-state index in [2.05, 4.69) is 40.2 Å². The minimum absolute atomic E-state index is 0.651. The fraction of sp³-hybridized carbons (Fsp3) is 0.769. The molecular formula is C13H22BrN3O. The summed E-state index contributed by atoms with van der Waals surface area (Å²) in [5.41, 5.74) is 2.29. The molecule has 4 nitrogen and oxygen atoms in total. The SMILES string of the molecule is CCc1nn(CC)c(COCC2CCNC2)c1Br. The van der Waals surface area contributed by atoms with Gasteiger partial charge in [0.05, 0.1) is 29.1 Å². The highest BCUT2D eigenvalue weighted by atomic mass is 79.9. The third-order valence-corrected chi connectivity index (χ3v) is 4.36. The van der Waals surface area contributed by atoms with Crippen molar-refractivity contribution < 1.29 is 4.74 Å². The monoisotopic (exact) mass is 315 g/mol. The molecule has 0 bridgehead atoms. The lowest BCUT2D eigenvalue weighted by molar-refractivity contribution is 0.0873. The molecular weight excluding hydrogens is 294 g/mol. The van der Waals surface area contributed by atoms with Crippen LogP contribution in [-0.4, -0.2) is 29.5 Å². The average Bonchev–Trinajstić information content (AvgIpc) is 2.99. The highest BCUT2D eigenvalue weighted by Gasteiger charge is 2.17. The van der Waals surface area contributed by atoms with Crippen molar-refractivity contribution in [2.24, 2.45) is 5.92 Å². The van der Waals surface area contributed by atoms with E-state index in [1.165, 1.54) is 12.1 Å². The lowest BCUT2D eigenvalue weighted by Gasteiger charge is -2.10. The summed E-state index contributed by atoms with van der Waals surface area (Å²) in [7, 11) is 0. The van der Waals surface area contributed by atoms with Crippen LogP contribution in [0.2, 0.25) is 0 Å². The number of nitrogens with zero attached hydrogens (tertiary/aromatic N) is 2. The standard InChI is InChI=1S/C13H22BrN3O/c1-3-11-13(14)12(17(4-2)16-11)9-18-8-10-5-6-15-7-10/h10,15H,3-9H2,1-2H3. The number of rotatable bonds is 6. The second kappa shape index (κ2) is 6.68. The van der Waals surface area contributed by atoms with Crippen molar-refractivity contribution in [1.82, 2.24) is 15.1 Å². The molecule has 2 heterocycles. The molecule has 1 N–H and O–H groups in total. The summed E-state index contributed by atoms with van der Waals surface area (Å²) < 4.78 is 9.01. The van der Waals surface area contributed by atoms with E-state index in [-0.39, 0.29) is 0 Å². The molecule has 5 heteroatoms. The molecule has 0 amide bonds. The number of hydrogen-bond acceptors (Lipinski definition) is 3. The molecule has 2 rings (SSSR count). The van der Waals surface area contributed by atoms with Crippen molar-refractivity contribution in [3.05, 3.63) is 15.9 Å². The van der Waals surface area contributed by atoms with Gasteiger partial charge in [-0.15, -0.1) is 0 Å². The third-order valence-electron chi connectivity index (χ3n) is 3.45. The summed E-state index contributed by atoms with van der Waals surface area (Å²) in [6, 6.07) is 0. The zero-order valence-corrected chi connectivity index (χ0v) is 12.8. The maximum atomic E-state index is 5.85. The largest absolute Gasteiger partial charge is 0.375 e. The van der Waals surface area contributed by atoms with Crippen molar-refractivity contribution >= 4 is 15.9 Å². The number of nitrogens with one attached hydrogen (secondary N) is 1. The summed E-state index contributed by atoms with van der Waals surface area (Å²) in [5, 5.41) is 7.94. The third kappa shape index (κ3) is 3.13. The smallest absolute Gasteiger partial charge is 0.0896 e. The Morgan fingerprint density at radius 1 is 1.50 bits per heavy atom. The minimum atomic E-state index is 0.651. The van der Waals surface area contributed by atoms with Gasteiger partial charge in [0, 0.05) is 13.1 Å². The van der Waals surface area contributed by atoms with Crippen LogP contribution in [0.5, 0.6) is 0 Å². The first-order valence-corrected chi connectivity index (χ1v) is 7.58. The van der Waals surface area contributed by atoms with Gasteiger partial charge in [-0.2, -0.15) is 5.10 Å². The summed E-state index contributed by atoms with van der Waals surface area (Å²) in [4.78, 5) is 0. The Kier molecular flexibility index (Phi) is 5.21.